The van der Waals surface area contributed by atoms with Crippen LogP contribution in [-0.2, 0) is 23.7 Å². The van der Waals surface area contributed by atoms with Crippen LogP contribution in [-0.4, -0.2) is 140 Å². The van der Waals surface area contributed by atoms with Crippen molar-refractivity contribution in [2.24, 2.45) is 0 Å². The predicted octanol–water partition coefficient (Wildman–Crippen LogP) is 8.49. The van der Waals surface area contributed by atoms with Gasteiger partial charge in [-0.3, -0.25) is 4.79 Å². The summed E-state index contributed by atoms with van der Waals surface area (Å²) in [6.45, 7) is 2.59. The fraction of sp³-hybridized carbons (Fsp3) is 0.678. The lowest BCUT2D eigenvalue weighted by molar-refractivity contribution is -0.359. The Bertz CT molecular complexity index is 1640. The highest BCUT2D eigenvalue weighted by atomic mass is 16.7. The maximum Gasteiger partial charge on any atom is 0.220 e. The Kier molecular flexibility index (Phi) is 39.5. The lowest BCUT2D eigenvalue weighted by Crippen LogP contribution is -2.65. The predicted molar refractivity (Wildman–Crippen MR) is 290 cm³/mol. The van der Waals surface area contributed by atoms with Crippen molar-refractivity contribution in [3.8, 4) is 0 Å². The summed E-state index contributed by atoms with van der Waals surface area (Å²) in [4.78, 5) is 13.2. The molecule has 0 bridgehead atoms. The van der Waals surface area contributed by atoms with Gasteiger partial charge in [-0.25, -0.2) is 0 Å². The fourth-order valence-electron chi connectivity index (χ4n) is 8.23. The van der Waals surface area contributed by atoms with Crippen molar-refractivity contribution in [1.29, 1.82) is 0 Å². The average Bonchev–Trinajstić information content (AvgIpc) is 3.39. The smallest absolute Gasteiger partial charge is 0.220 e. The molecule has 0 radical (unpaired) electrons. The van der Waals surface area contributed by atoms with Gasteiger partial charge >= 0.3 is 0 Å². The number of amides is 1. The van der Waals surface area contributed by atoms with Crippen LogP contribution in [0.4, 0.5) is 0 Å². The lowest BCUT2D eigenvalue weighted by atomic mass is 9.97. The summed E-state index contributed by atoms with van der Waals surface area (Å²) in [5, 5.41) is 86.8. The Morgan fingerprint density at radius 3 is 1.51 bits per heavy atom. The van der Waals surface area contributed by atoms with Crippen molar-refractivity contribution in [2.75, 3.05) is 19.8 Å². The van der Waals surface area contributed by atoms with E-state index in [1.807, 2.05) is 6.08 Å². The molecule has 0 aromatic rings. The zero-order valence-corrected chi connectivity index (χ0v) is 44.3. The van der Waals surface area contributed by atoms with E-state index in [9.17, 15) is 45.6 Å². The van der Waals surface area contributed by atoms with Gasteiger partial charge in [0.05, 0.1) is 32.0 Å². The number of carbonyl (C=O) groups excluding carboxylic acids is 1. The van der Waals surface area contributed by atoms with Crippen molar-refractivity contribution in [3.05, 3.63) is 109 Å². The zero-order chi connectivity index (χ0) is 53.2. The molecule has 2 aliphatic rings. The maximum atomic E-state index is 13.2. The molecule has 14 nitrogen and oxygen atoms in total. The van der Waals surface area contributed by atoms with Crippen LogP contribution in [0.15, 0.2) is 109 Å². The maximum absolute atomic E-state index is 13.2. The molecule has 0 aromatic carbocycles. The van der Waals surface area contributed by atoms with Crippen molar-refractivity contribution in [2.45, 2.75) is 235 Å². The van der Waals surface area contributed by atoms with Gasteiger partial charge in [0.2, 0.25) is 5.91 Å². The first kappa shape index (κ1) is 65.8. The number of ether oxygens (including phenoxy) is 4. The molecule has 2 heterocycles. The van der Waals surface area contributed by atoms with Crippen LogP contribution in [0.25, 0.3) is 0 Å². The number of hydrogen-bond donors (Lipinski definition) is 9. The first-order valence-electron chi connectivity index (χ1n) is 27.6. The highest BCUT2D eigenvalue weighted by Crippen LogP contribution is 2.30. The van der Waals surface area contributed by atoms with Gasteiger partial charge in [0.25, 0.3) is 0 Å². The van der Waals surface area contributed by atoms with Gasteiger partial charge in [-0.1, -0.05) is 175 Å². The van der Waals surface area contributed by atoms with E-state index in [4.69, 9.17) is 18.9 Å². The summed E-state index contributed by atoms with van der Waals surface area (Å²) in [5.41, 5.74) is 0. The van der Waals surface area contributed by atoms with E-state index in [1.54, 1.807) is 6.08 Å². The summed E-state index contributed by atoms with van der Waals surface area (Å²) in [6.07, 6.45) is 44.1. The number of nitrogens with one attached hydrogen (secondary N) is 1. The molecule has 0 aliphatic carbocycles. The topological polar surface area (TPSA) is 228 Å². The summed E-state index contributed by atoms with van der Waals surface area (Å²) in [5.74, 6) is -0.276. The van der Waals surface area contributed by atoms with E-state index in [-0.39, 0.29) is 18.9 Å². The van der Waals surface area contributed by atoms with Crippen LogP contribution < -0.4 is 5.32 Å². The third-order valence-corrected chi connectivity index (χ3v) is 12.7. The first-order valence-corrected chi connectivity index (χ1v) is 27.6. The third kappa shape index (κ3) is 30.1. The lowest BCUT2D eigenvalue weighted by Gasteiger charge is -2.46. The van der Waals surface area contributed by atoms with E-state index in [0.29, 0.717) is 12.8 Å². The molecular formula is C59H97NO13. The van der Waals surface area contributed by atoms with Crippen LogP contribution in [0.5, 0.6) is 0 Å². The Morgan fingerprint density at radius 1 is 0.507 bits per heavy atom. The number of unbranched alkanes of at least 4 members (excludes halogenated alkanes) is 12. The molecule has 1 amide bonds. The number of aliphatic hydroxyl groups is 8. The summed E-state index contributed by atoms with van der Waals surface area (Å²) in [6, 6.07) is -0.949. The van der Waals surface area contributed by atoms with E-state index >= 15 is 0 Å². The van der Waals surface area contributed by atoms with Gasteiger partial charge in [0.1, 0.15) is 48.8 Å². The third-order valence-electron chi connectivity index (χ3n) is 12.7. The van der Waals surface area contributed by atoms with Gasteiger partial charge in [-0.05, 0) is 89.9 Å². The van der Waals surface area contributed by atoms with E-state index < -0.39 is 86.8 Å². The molecule has 14 heteroatoms. The highest BCUT2D eigenvalue weighted by molar-refractivity contribution is 5.76. The Morgan fingerprint density at radius 2 is 0.959 bits per heavy atom. The standard InChI is InChI=1S/C59H97NO13/c1-3-5-7-9-11-13-15-17-18-19-20-21-22-23-24-25-26-27-28-29-30-31-33-35-37-39-41-43-51(64)60-47(48(63)42-40-38-36-34-32-16-14-12-10-8-6-4-2)46-70-58-56(69)54(67)57(50(45-62)72-58)73-59-55(68)53(66)52(65)49(44-61)71-59/h5,7,11,13,17-18,20-21,23-24,26-27,29-30,32,34,40,42,47-50,52-59,61-63,65-69H,3-4,6,8-10,12,14-16,19,22,25,28,31,33,35-39,41,43-46H2,1-2H3,(H,60,64)/b7-5-,13-11-,18-17-,21-20-,24-23-,27-26-,30-29-,34-32+,42-40+. The van der Waals surface area contributed by atoms with Crippen LogP contribution >= 0.6 is 0 Å². The molecule has 2 aliphatic heterocycles. The summed E-state index contributed by atoms with van der Waals surface area (Å²) >= 11 is 0. The largest absolute Gasteiger partial charge is 0.394 e. The molecular weight excluding hydrogens is 931 g/mol. The summed E-state index contributed by atoms with van der Waals surface area (Å²) < 4.78 is 22.7. The minimum absolute atomic E-state index is 0.243. The molecule has 2 saturated heterocycles. The van der Waals surface area contributed by atoms with Crippen molar-refractivity contribution in [3.63, 3.8) is 0 Å². The minimum atomic E-state index is -1.80. The van der Waals surface area contributed by atoms with Crippen LogP contribution in [0.1, 0.15) is 162 Å². The highest BCUT2D eigenvalue weighted by Gasteiger charge is 2.51. The first-order chi connectivity index (χ1) is 35.6. The van der Waals surface area contributed by atoms with Crippen molar-refractivity contribution < 1.29 is 64.6 Å². The average molecular weight is 1030 g/mol. The molecule has 9 N–H and O–H groups in total. The molecule has 416 valence electrons. The minimum Gasteiger partial charge on any atom is -0.394 e. The zero-order valence-electron chi connectivity index (χ0n) is 44.3. The van der Waals surface area contributed by atoms with Crippen molar-refractivity contribution >= 4 is 5.91 Å². The van der Waals surface area contributed by atoms with E-state index in [1.165, 1.54) is 38.5 Å². The van der Waals surface area contributed by atoms with Gasteiger partial charge in [0.15, 0.2) is 12.6 Å². The number of carbonyl (C=O) groups is 1. The van der Waals surface area contributed by atoms with Crippen LogP contribution in [0.2, 0.25) is 0 Å². The molecule has 2 fully saturated rings. The Balaban J connectivity index is 1.78. The normalized spacial score (nSPS) is 26.3. The quantitative estimate of drug-likeness (QED) is 0.0207. The molecule has 0 aromatic heterocycles. The van der Waals surface area contributed by atoms with E-state index in [2.05, 4.69) is 116 Å². The molecule has 12 unspecified atom stereocenters. The monoisotopic (exact) mass is 1030 g/mol. The molecule has 0 spiro atoms. The number of aliphatic hydroxyl groups excluding tert-OH is 8. The molecule has 12 atom stereocenters. The molecule has 0 saturated carbocycles. The van der Waals surface area contributed by atoms with Gasteiger partial charge in [0, 0.05) is 6.42 Å². The molecule has 73 heavy (non-hydrogen) atoms. The molecule has 2 rings (SSSR count). The van der Waals surface area contributed by atoms with Crippen LogP contribution in [0.3, 0.4) is 0 Å². The number of rotatable bonds is 41. The van der Waals surface area contributed by atoms with Gasteiger partial charge in [-0.2, -0.15) is 0 Å². The second-order valence-corrected chi connectivity index (χ2v) is 19.0. The second-order valence-electron chi connectivity index (χ2n) is 19.0. The number of hydrogen-bond acceptors (Lipinski definition) is 13. The van der Waals surface area contributed by atoms with E-state index in [0.717, 1.165) is 89.9 Å². The summed E-state index contributed by atoms with van der Waals surface area (Å²) in [7, 11) is 0. The van der Waals surface area contributed by atoms with Gasteiger partial charge in [-0.15, -0.1) is 0 Å². The Labute approximate surface area is 438 Å². The Hall–Kier alpha value is -3.35. The van der Waals surface area contributed by atoms with Crippen LogP contribution in [0, 0.1) is 0 Å². The van der Waals surface area contributed by atoms with Crippen molar-refractivity contribution in [1.82, 2.24) is 5.32 Å². The second kappa shape index (κ2) is 43.8. The SMILES string of the molecule is CC/C=C\C/C=C\C/C=C\C/C=C\C/C=C\C/C=C\C/C=C\CCCCCCCC(=O)NC(COC1OC(CO)C(OC2OC(CO)C(O)C(O)C2O)C(O)C1O)C(O)/C=C/CC/C=C/CCCCCCCC. The number of allylic oxidation sites excluding steroid dienone is 17. The van der Waals surface area contributed by atoms with Gasteiger partial charge < -0.3 is 65.1 Å². The fourth-order valence-corrected chi connectivity index (χ4v) is 8.23.